The van der Waals surface area contributed by atoms with Crippen LogP contribution < -0.4 is 15.1 Å². The summed E-state index contributed by atoms with van der Waals surface area (Å²) >= 11 is 0. The Bertz CT molecular complexity index is 1330. The predicted octanol–water partition coefficient (Wildman–Crippen LogP) is 4.81. The third-order valence-corrected chi connectivity index (χ3v) is 7.19. The first-order valence-electron chi connectivity index (χ1n) is 11.5. The van der Waals surface area contributed by atoms with Gasteiger partial charge < -0.3 is 9.15 Å². The lowest BCUT2D eigenvalue weighted by molar-refractivity contribution is -0.136. The van der Waals surface area contributed by atoms with E-state index in [9.17, 15) is 18.0 Å². The van der Waals surface area contributed by atoms with Crippen molar-refractivity contribution in [2.75, 3.05) is 0 Å². The first-order valence-corrected chi connectivity index (χ1v) is 13.0. The minimum Gasteiger partial charge on any atom is -0.425 e. The lowest BCUT2D eigenvalue weighted by Gasteiger charge is -2.18. The molecule has 0 spiro atoms. The van der Waals surface area contributed by atoms with E-state index in [1.54, 1.807) is 31.2 Å². The Morgan fingerprint density at radius 2 is 1.76 bits per heavy atom. The van der Waals surface area contributed by atoms with Crippen molar-refractivity contribution < 1.29 is 22.4 Å². The Morgan fingerprint density at radius 3 is 2.41 bits per heavy atom. The maximum atomic E-state index is 13.0. The average Bonchev–Trinajstić information content (AvgIpc) is 2.79. The smallest absolute Gasteiger partial charge is 0.336 e. The third kappa shape index (κ3) is 5.93. The predicted molar refractivity (Wildman–Crippen MR) is 132 cm³/mol. The third-order valence-electron chi connectivity index (χ3n) is 5.70. The topological polar surface area (TPSA) is 103 Å². The van der Waals surface area contributed by atoms with Crippen LogP contribution in [0.5, 0.6) is 5.75 Å². The van der Waals surface area contributed by atoms with Gasteiger partial charge in [0.1, 0.15) is 17.4 Å². The van der Waals surface area contributed by atoms with Gasteiger partial charge >= 0.3 is 11.6 Å². The fourth-order valence-electron chi connectivity index (χ4n) is 3.76. The van der Waals surface area contributed by atoms with Gasteiger partial charge in [-0.25, -0.2) is 18.0 Å². The molecule has 1 atom stereocenters. The first-order chi connectivity index (χ1) is 16.2. The molecule has 8 heteroatoms. The molecule has 3 aromatic rings. The van der Waals surface area contributed by atoms with Crippen molar-refractivity contribution >= 4 is 27.0 Å². The monoisotopic (exact) mass is 485 g/mol. The fraction of sp³-hybridized carbons (Fsp3) is 0.385. The number of esters is 1. The molecule has 7 nitrogen and oxygen atoms in total. The zero-order chi connectivity index (χ0) is 24.9. The number of hydrogen-bond acceptors (Lipinski definition) is 6. The standard InChI is InChI=1S/C26H31NO6S/c1-5-7-9-19-16-24(28)33-25-18(4)23(15-14-21(19)25)32-26(29)22(8-6-2)27-34(30,31)20-12-10-17(3)11-13-20/h10-16,22,27H,5-9H2,1-4H3/t22-/m1/s1. The molecule has 0 saturated heterocycles. The minimum absolute atomic E-state index is 0.0790. The average molecular weight is 486 g/mol. The highest BCUT2D eigenvalue weighted by Crippen LogP contribution is 2.29. The number of sulfonamides is 1. The van der Waals surface area contributed by atoms with Crippen LogP contribution in [0.25, 0.3) is 11.0 Å². The number of carbonyl (C=O) groups excluding carboxylic acids is 1. The normalized spacial score (nSPS) is 12.6. The van der Waals surface area contributed by atoms with E-state index in [0.29, 0.717) is 17.6 Å². The molecule has 2 aromatic carbocycles. The largest absolute Gasteiger partial charge is 0.425 e. The van der Waals surface area contributed by atoms with E-state index >= 15 is 0 Å². The second kappa shape index (κ2) is 11.0. The number of unbranched alkanes of at least 4 members (excludes halogenated alkanes) is 1. The van der Waals surface area contributed by atoms with E-state index in [1.807, 2.05) is 13.8 Å². The van der Waals surface area contributed by atoms with Gasteiger partial charge in [-0.05, 0) is 62.9 Å². The summed E-state index contributed by atoms with van der Waals surface area (Å²) in [4.78, 5) is 25.2. The van der Waals surface area contributed by atoms with Crippen LogP contribution in [0.4, 0.5) is 0 Å². The van der Waals surface area contributed by atoms with Crippen molar-refractivity contribution in [1.29, 1.82) is 0 Å². The molecular formula is C26H31NO6S. The van der Waals surface area contributed by atoms with Gasteiger partial charge in [-0.3, -0.25) is 0 Å². The second-order valence-electron chi connectivity index (χ2n) is 8.46. The van der Waals surface area contributed by atoms with E-state index in [0.717, 1.165) is 35.8 Å². The maximum Gasteiger partial charge on any atom is 0.336 e. The van der Waals surface area contributed by atoms with E-state index in [1.165, 1.54) is 18.2 Å². The van der Waals surface area contributed by atoms with Crippen molar-refractivity contribution in [2.45, 2.75) is 70.7 Å². The fourth-order valence-corrected chi connectivity index (χ4v) is 4.98. The molecule has 1 heterocycles. The van der Waals surface area contributed by atoms with Crippen LogP contribution in [-0.2, 0) is 21.2 Å². The molecule has 3 rings (SSSR count). The van der Waals surface area contributed by atoms with Crippen LogP contribution in [0.2, 0.25) is 0 Å². The van der Waals surface area contributed by atoms with Gasteiger partial charge in [-0.2, -0.15) is 4.72 Å². The van der Waals surface area contributed by atoms with Crippen molar-refractivity contribution in [3.63, 3.8) is 0 Å². The molecule has 0 aliphatic carbocycles. The summed E-state index contributed by atoms with van der Waals surface area (Å²) in [5.74, 6) is -0.492. The molecular weight excluding hydrogens is 454 g/mol. The molecule has 1 aromatic heterocycles. The van der Waals surface area contributed by atoms with Crippen LogP contribution >= 0.6 is 0 Å². The molecule has 0 amide bonds. The zero-order valence-electron chi connectivity index (χ0n) is 20.0. The summed E-state index contributed by atoms with van der Waals surface area (Å²) in [6, 6.07) is 10.3. The van der Waals surface area contributed by atoms with E-state index in [4.69, 9.17) is 9.15 Å². The molecule has 0 aliphatic rings. The van der Waals surface area contributed by atoms with Gasteiger partial charge in [0.15, 0.2) is 0 Å². The van der Waals surface area contributed by atoms with Crippen LogP contribution in [0.3, 0.4) is 0 Å². The van der Waals surface area contributed by atoms with Gasteiger partial charge in [0.05, 0.1) is 4.90 Å². The highest BCUT2D eigenvalue weighted by molar-refractivity contribution is 7.89. The number of hydrogen-bond donors (Lipinski definition) is 1. The molecule has 0 saturated carbocycles. The van der Waals surface area contributed by atoms with E-state index in [2.05, 4.69) is 11.6 Å². The minimum atomic E-state index is -3.91. The number of benzene rings is 2. The Hall–Kier alpha value is -2.97. The molecule has 0 bridgehead atoms. The zero-order valence-corrected chi connectivity index (χ0v) is 20.8. The highest BCUT2D eigenvalue weighted by Gasteiger charge is 2.27. The number of rotatable bonds is 10. The van der Waals surface area contributed by atoms with E-state index in [-0.39, 0.29) is 17.1 Å². The van der Waals surface area contributed by atoms with Crippen molar-refractivity contribution in [3.8, 4) is 5.75 Å². The van der Waals surface area contributed by atoms with Crippen LogP contribution in [0, 0.1) is 13.8 Å². The summed E-state index contributed by atoms with van der Waals surface area (Å²) in [7, 11) is -3.91. The second-order valence-corrected chi connectivity index (χ2v) is 10.2. The number of aryl methyl sites for hydroxylation is 3. The van der Waals surface area contributed by atoms with Crippen molar-refractivity contribution in [3.05, 3.63) is 69.6 Å². The van der Waals surface area contributed by atoms with Gasteiger partial charge in [0, 0.05) is 17.0 Å². The number of fused-ring (bicyclic) bond motifs is 1. The van der Waals surface area contributed by atoms with Gasteiger partial charge in [0.25, 0.3) is 0 Å². The summed E-state index contributed by atoms with van der Waals surface area (Å²) in [5, 5.41) is 0.801. The van der Waals surface area contributed by atoms with Crippen molar-refractivity contribution in [2.24, 2.45) is 0 Å². The number of nitrogens with one attached hydrogen (secondary N) is 1. The first kappa shape index (κ1) is 25.6. The van der Waals surface area contributed by atoms with Gasteiger partial charge in [-0.1, -0.05) is 44.4 Å². The van der Waals surface area contributed by atoms with Gasteiger partial charge in [0.2, 0.25) is 10.0 Å². The molecule has 0 aliphatic heterocycles. The SMILES string of the molecule is CCCCc1cc(=O)oc2c(C)c(OC(=O)[C@@H](CCC)NS(=O)(=O)c3ccc(C)cc3)ccc12. The highest BCUT2D eigenvalue weighted by atomic mass is 32.2. The van der Waals surface area contributed by atoms with Crippen LogP contribution in [0.1, 0.15) is 56.2 Å². The van der Waals surface area contributed by atoms with Gasteiger partial charge in [-0.15, -0.1) is 0 Å². The van der Waals surface area contributed by atoms with Crippen LogP contribution in [0.15, 0.2) is 56.6 Å². The summed E-state index contributed by atoms with van der Waals surface area (Å²) in [5.41, 5.74) is 2.25. The maximum absolute atomic E-state index is 13.0. The summed E-state index contributed by atoms with van der Waals surface area (Å²) < 4.78 is 39.1. The number of ether oxygens (including phenoxy) is 1. The Morgan fingerprint density at radius 1 is 1.06 bits per heavy atom. The Kier molecular flexibility index (Phi) is 8.28. The molecule has 1 N–H and O–H groups in total. The molecule has 0 radical (unpaired) electrons. The Labute approximate surface area is 200 Å². The quantitative estimate of drug-likeness (QED) is 0.251. The lowest BCUT2D eigenvalue weighted by Crippen LogP contribution is -2.42. The molecule has 182 valence electrons. The van der Waals surface area contributed by atoms with E-state index < -0.39 is 27.7 Å². The molecule has 0 fully saturated rings. The molecule has 34 heavy (non-hydrogen) atoms. The van der Waals surface area contributed by atoms with Crippen LogP contribution in [-0.4, -0.2) is 20.4 Å². The summed E-state index contributed by atoms with van der Waals surface area (Å²) in [6.45, 7) is 7.51. The number of carbonyl (C=O) groups is 1. The molecule has 0 unspecified atom stereocenters. The van der Waals surface area contributed by atoms with Crippen molar-refractivity contribution in [1.82, 2.24) is 4.72 Å². The Balaban J connectivity index is 1.88. The lowest BCUT2D eigenvalue weighted by atomic mass is 10.0. The summed E-state index contributed by atoms with van der Waals surface area (Å²) in [6.07, 6.45) is 3.52.